The number of nitrogens with zero attached hydrogens (tertiary/aromatic N) is 1. The number of fused-ring (bicyclic) bond motifs is 2. The van der Waals surface area contributed by atoms with Crippen molar-refractivity contribution < 1.29 is 19.5 Å². The molecule has 8 nitrogen and oxygen atoms in total. The van der Waals surface area contributed by atoms with Crippen molar-refractivity contribution in [3.05, 3.63) is 64.8 Å². The lowest BCUT2D eigenvalue weighted by Gasteiger charge is -2.13. The molecule has 8 heteroatoms. The lowest BCUT2D eigenvalue weighted by atomic mass is 10.0. The van der Waals surface area contributed by atoms with Crippen molar-refractivity contribution in [2.45, 2.75) is 38.6 Å². The number of benzene rings is 2. The number of aryl methyl sites for hydroxylation is 1. The fourth-order valence-electron chi connectivity index (χ4n) is 4.93. The second kappa shape index (κ2) is 9.99. The minimum absolute atomic E-state index is 0.247. The average Bonchev–Trinajstić information content (AvgIpc) is 3.58. The van der Waals surface area contributed by atoms with Crippen molar-refractivity contribution in [3.63, 3.8) is 0 Å². The van der Waals surface area contributed by atoms with Crippen molar-refractivity contribution in [1.82, 2.24) is 15.2 Å². The number of rotatable bonds is 8. The molecular weight excluding hydrogens is 456 g/mol. The largest absolute Gasteiger partial charge is 0.480 e. The van der Waals surface area contributed by atoms with Crippen LogP contribution in [0.1, 0.15) is 53.4 Å². The molecule has 1 unspecified atom stereocenters. The number of amides is 2. The molecule has 2 aliphatic heterocycles. The summed E-state index contributed by atoms with van der Waals surface area (Å²) in [6, 6.07) is 12.4. The van der Waals surface area contributed by atoms with Gasteiger partial charge in [-0.3, -0.25) is 14.4 Å². The summed E-state index contributed by atoms with van der Waals surface area (Å²) < 4.78 is 0. The summed E-state index contributed by atoms with van der Waals surface area (Å²) >= 11 is 0. The van der Waals surface area contributed by atoms with E-state index in [1.54, 1.807) is 18.2 Å². The number of aliphatic carboxylic acids is 1. The maximum absolute atomic E-state index is 12.7. The van der Waals surface area contributed by atoms with E-state index in [1.165, 1.54) is 38.4 Å². The number of nitrogens with one attached hydrogen (secondary N) is 3. The summed E-state index contributed by atoms with van der Waals surface area (Å²) in [6.07, 6.45) is 6.65. The van der Waals surface area contributed by atoms with Crippen molar-refractivity contribution in [3.8, 4) is 0 Å². The second-order valence-electron chi connectivity index (χ2n) is 9.60. The molecule has 4 N–H and O–H groups in total. The highest BCUT2D eigenvalue weighted by Gasteiger charge is 2.26. The normalized spacial score (nSPS) is 17.4. The van der Waals surface area contributed by atoms with Crippen LogP contribution < -0.4 is 10.6 Å². The van der Waals surface area contributed by atoms with E-state index in [0.717, 1.165) is 36.0 Å². The van der Waals surface area contributed by atoms with Crippen molar-refractivity contribution in [2.24, 2.45) is 0 Å². The standard InChI is InChI=1S/C28H30N4O4/c1-17(28(35)36)29-26(33)19-7-8-22-23(27(34)31-25(22)15-19)16-21-14-20-13-18(6-9-24(20)30-21)5-4-12-32-10-2-3-11-32/h6-9,13-17,30H,2-5,10-12H2,1H3,(H,29,33)(H,31,34)(H,35,36)/b23-16+. The molecule has 2 aromatic carbocycles. The first kappa shape index (κ1) is 23.8. The first-order valence-electron chi connectivity index (χ1n) is 12.4. The van der Waals surface area contributed by atoms with Gasteiger partial charge in [-0.05, 0) is 94.2 Å². The Balaban J connectivity index is 1.31. The first-order valence-corrected chi connectivity index (χ1v) is 12.4. The fraction of sp³-hybridized carbons (Fsp3) is 0.321. The van der Waals surface area contributed by atoms with Gasteiger partial charge in [-0.1, -0.05) is 12.1 Å². The van der Waals surface area contributed by atoms with Crippen LogP contribution in [0.15, 0.2) is 42.5 Å². The second-order valence-corrected chi connectivity index (χ2v) is 9.60. The molecule has 1 fully saturated rings. The SMILES string of the molecule is CC(NC(=O)c1ccc2c(c1)NC(=O)/C2=C/c1cc2cc(CCCN3CCCC3)ccc2[nH]1)C(=O)O. The Morgan fingerprint density at radius 2 is 1.94 bits per heavy atom. The van der Waals surface area contributed by atoms with Gasteiger partial charge >= 0.3 is 5.97 Å². The lowest BCUT2D eigenvalue weighted by molar-refractivity contribution is -0.138. The maximum atomic E-state index is 12.7. The Kier molecular flexibility index (Phi) is 6.61. The van der Waals surface area contributed by atoms with Crippen LogP contribution in [-0.2, 0) is 16.0 Å². The summed E-state index contributed by atoms with van der Waals surface area (Å²) in [7, 11) is 0. The maximum Gasteiger partial charge on any atom is 0.325 e. The number of hydrogen-bond donors (Lipinski definition) is 4. The number of aromatic nitrogens is 1. The highest BCUT2D eigenvalue weighted by atomic mass is 16.4. The predicted molar refractivity (Wildman–Crippen MR) is 140 cm³/mol. The van der Waals surface area contributed by atoms with Crippen molar-refractivity contribution >= 4 is 46.0 Å². The van der Waals surface area contributed by atoms with Crippen LogP contribution in [0.4, 0.5) is 5.69 Å². The van der Waals surface area contributed by atoms with Crippen LogP contribution in [-0.4, -0.2) is 58.5 Å². The van der Waals surface area contributed by atoms with E-state index in [4.69, 9.17) is 5.11 Å². The number of anilines is 1. The van der Waals surface area contributed by atoms with Crippen LogP contribution in [0.5, 0.6) is 0 Å². The van der Waals surface area contributed by atoms with Gasteiger partial charge in [0.25, 0.3) is 11.8 Å². The Labute approximate surface area is 209 Å². The molecule has 1 aromatic heterocycles. The van der Waals surface area contributed by atoms with Crippen LogP contribution in [0, 0.1) is 0 Å². The number of carboxylic acids is 1. The van der Waals surface area contributed by atoms with Gasteiger partial charge in [-0.2, -0.15) is 0 Å². The highest BCUT2D eigenvalue weighted by molar-refractivity contribution is 6.35. The van der Waals surface area contributed by atoms with Gasteiger partial charge in [0, 0.05) is 33.4 Å². The Bertz CT molecular complexity index is 1370. The minimum atomic E-state index is -1.12. The zero-order chi connectivity index (χ0) is 25.2. The van der Waals surface area contributed by atoms with Gasteiger partial charge < -0.3 is 25.6 Å². The third-order valence-corrected chi connectivity index (χ3v) is 6.93. The predicted octanol–water partition coefficient (Wildman–Crippen LogP) is 3.89. The van der Waals surface area contributed by atoms with Crippen LogP contribution in [0.25, 0.3) is 22.6 Å². The molecule has 186 valence electrons. The molecule has 0 bridgehead atoms. The van der Waals surface area contributed by atoms with Crippen LogP contribution >= 0.6 is 0 Å². The van der Waals surface area contributed by atoms with E-state index in [9.17, 15) is 14.4 Å². The summed E-state index contributed by atoms with van der Waals surface area (Å²) in [5.74, 6) is -1.87. The van der Waals surface area contributed by atoms with E-state index < -0.39 is 17.9 Å². The summed E-state index contributed by atoms with van der Waals surface area (Å²) in [6.45, 7) is 5.00. The van der Waals surface area contributed by atoms with Gasteiger partial charge in [-0.25, -0.2) is 0 Å². The molecule has 5 rings (SSSR count). The zero-order valence-corrected chi connectivity index (χ0v) is 20.3. The third kappa shape index (κ3) is 5.04. The molecular formula is C28H30N4O4. The Morgan fingerprint density at radius 1 is 1.14 bits per heavy atom. The van der Waals surface area contributed by atoms with Crippen LogP contribution in [0.2, 0.25) is 0 Å². The molecule has 0 spiro atoms. The average molecular weight is 487 g/mol. The van der Waals surface area contributed by atoms with Gasteiger partial charge in [0.1, 0.15) is 6.04 Å². The lowest BCUT2D eigenvalue weighted by Crippen LogP contribution is -2.38. The quantitative estimate of drug-likeness (QED) is 0.361. The Morgan fingerprint density at radius 3 is 2.72 bits per heavy atom. The number of H-pyrrole nitrogens is 1. The molecule has 0 radical (unpaired) electrons. The third-order valence-electron chi connectivity index (χ3n) is 6.93. The molecule has 36 heavy (non-hydrogen) atoms. The van der Waals surface area contributed by atoms with Crippen molar-refractivity contribution in [1.29, 1.82) is 0 Å². The molecule has 0 saturated carbocycles. The number of likely N-dealkylation sites (tertiary alicyclic amines) is 1. The number of carbonyl (C=O) groups is 3. The minimum Gasteiger partial charge on any atom is -0.480 e. The van der Waals surface area contributed by atoms with Gasteiger partial charge in [0.05, 0.1) is 5.57 Å². The number of carbonyl (C=O) groups excluding carboxylic acids is 2. The summed E-state index contributed by atoms with van der Waals surface area (Å²) in [4.78, 5) is 42.0. The van der Waals surface area contributed by atoms with E-state index in [2.05, 4.69) is 38.7 Å². The first-order chi connectivity index (χ1) is 17.4. The summed E-state index contributed by atoms with van der Waals surface area (Å²) in [5, 5.41) is 15.3. The molecule has 1 saturated heterocycles. The topological polar surface area (TPSA) is 115 Å². The van der Waals surface area contributed by atoms with E-state index in [0.29, 0.717) is 16.8 Å². The smallest absolute Gasteiger partial charge is 0.325 e. The van der Waals surface area contributed by atoms with Gasteiger partial charge in [0.2, 0.25) is 0 Å². The summed E-state index contributed by atoms with van der Waals surface area (Å²) in [5.41, 5.74) is 5.17. The molecule has 3 heterocycles. The number of aromatic amines is 1. The number of carboxylic acid groups (broad SMARTS) is 1. The van der Waals surface area contributed by atoms with Crippen molar-refractivity contribution in [2.75, 3.05) is 25.0 Å². The van der Waals surface area contributed by atoms with Gasteiger partial charge in [-0.15, -0.1) is 0 Å². The molecule has 2 aliphatic rings. The van der Waals surface area contributed by atoms with E-state index >= 15 is 0 Å². The molecule has 1 atom stereocenters. The fourth-order valence-corrected chi connectivity index (χ4v) is 4.93. The Hall–Kier alpha value is -3.91. The molecule has 3 aromatic rings. The zero-order valence-electron chi connectivity index (χ0n) is 20.3. The molecule has 2 amide bonds. The molecule has 0 aliphatic carbocycles. The van der Waals surface area contributed by atoms with E-state index in [-0.39, 0.29) is 11.5 Å². The van der Waals surface area contributed by atoms with Gasteiger partial charge in [0.15, 0.2) is 0 Å². The highest BCUT2D eigenvalue weighted by Crippen LogP contribution is 2.34. The van der Waals surface area contributed by atoms with E-state index in [1.807, 2.05) is 12.1 Å². The monoisotopic (exact) mass is 486 g/mol. The van der Waals surface area contributed by atoms with Crippen LogP contribution in [0.3, 0.4) is 0 Å². The number of hydrogen-bond acceptors (Lipinski definition) is 4.